The highest BCUT2D eigenvalue weighted by molar-refractivity contribution is 6.04. The Morgan fingerprint density at radius 1 is 0.778 bits per heavy atom. The number of nitrogens with one attached hydrogen (secondary N) is 2. The van der Waals surface area contributed by atoms with Gasteiger partial charge in [-0.25, -0.2) is 0 Å². The summed E-state index contributed by atoms with van der Waals surface area (Å²) < 4.78 is 0. The van der Waals surface area contributed by atoms with E-state index >= 15 is 0 Å². The van der Waals surface area contributed by atoms with Crippen molar-refractivity contribution in [3.8, 4) is 0 Å². The molecule has 0 unspecified atom stereocenters. The smallest absolute Gasteiger partial charge is 0.255 e. The first-order valence-corrected chi connectivity index (χ1v) is 8.84. The van der Waals surface area contributed by atoms with Gasteiger partial charge in [-0.15, -0.1) is 0 Å². The molecular weight excluding hydrogens is 336 g/mol. The van der Waals surface area contributed by atoms with Crippen LogP contribution in [0.5, 0.6) is 0 Å². The Labute approximate surface area is 159 Å². The number of anilines is 2. The SMILES string of the molecule is Cc1cccc(C(=O)Nc2ccc(NC(=O)Cc3ccccc3C)cc2)c1. The monoisotopic (exact) mass is 358 g/mol. The number of carbonyl (C=O) groups excluding carboxylic acids is 2. The van der Waals surface area contributed by atoms with Crippen molar-refractivity contribution in [2.75, 3.05) is 10.6 Å². The number of rotatable bonds is 5. The molecule has 136 valence electrons. The van der Waals surface area contributed by atoms with E-state index in [1.807, 2.05) is 56.3 Å². The van der Waals surface area contributed by atoms with Crippen LogP contribution in [0, 0.1) is 13.8 Å². The summed E-state index contributed by atoms with van der Waals surface area (Å²) in [7, 11) is 0. The van der Waals surface area contributed by atoms with Gasteiger partial charge in [0, 0.05) is 16.9 Å². The summed E-state index contributed by atoms with van der Waals surface area (Å²) in [5.41, 5.74) is 5.14. The topological polar surface area (TPSA) is 58.2 Å². The molecule has 0 heterocycles. The van der Waals surface area contributed by atoms with Gasteiger partial charge in [0.2, 0.25) is 5.91 Å². The standard InChI is InChI=1S/C23H22N2O2/c1-16-6-5-9-19(14-16)23(27)25-21-12-10-20(11-13-21)24-22(26)15-18-8-4-3-7-17(18)2/h3-14H,15H2,1-2H3,(H,24,26)(H,25,27). The maximum absolute atomic E-state index is 12.3. The van der Waals surface area contributed by atoms with E-state index in [2.05, 4.69) is 10.6 Å². The van der Waals surface area contributed by atoms with Gasteiger partial charge in [-0.3, -0.25) is 9.59 Å². The number of benzene rings is 3. The van der Waals surface area contributed by atoms with Crippen molar-refractivity contribution < 1.29 is 9.59 Å². The van der Waals surface area contributed by atoms with Crippen LogP contribution in [0.1, 0.15) is 27.0 Å². The minimum Gasteiger partial charge on any atom is -0.326 e. The molecule has 2 amide bonds. The van der Waals surface area contributed by atoms with E-state index in [0.717, 1.165) is 16.7 Å². The molecule has 2 N–H and O–H groups in total. The molecule has 0 saturated carbocycles. The summed E-state index contributed by atoms with van der Waals surface area (Å²) in [4.78, 5) is 24.5. The first kappa shape index (κ1) is 18.4. The van der Waals surface area contributed by atoms with Gasteiger partial charge in [0.1, 0.15) is 0 Å². The molecule has 0 aromatic heterocycles. The first-order valence-electron chi connectivity index (χ1n) is 8.84. The molecule has 27 heavy (non-hydrogen) atoms. The van der Waals surface area contributed by atoms with E-state index < -0.39 is 0 Å². The Bertz CT molecular complexity index is 962. The molecule has 3 aromatic carbocycles. The van der Waals surface area contributed by atoms with E-state index in [0.29, 0.717) is 23.4 Å². The number of hydrogen-bond donors (Lipinski definition) is 2. The van der Waals surface area contributed by atoms with Gasteiger partial charge >= 0.3 is 0 Å². The molecule has 4 heteroatoms. The summed E-state index contributed by atoms with van der Waals surface area (Å²) in [6, 6.07) is 22.4. The van der Waals surface area contributed by atoms with Crippen LogP contribution < -0.4 is 10.6 Å². The van der Waals surface area contributed by atoms with E-state index in [1.54, 1.807) is 30.3 Å². The normalized spacial score (nSPS) is 10.3. The average Bonchev–Trinajstić information content (AvgIpc) is 2.65. The van der Waals surface area contributed by atoms with Gasteiger partial charge in [-0.05, 0) is 61.4 Å². The van der Waals surface area contributed by atoms with Crippen LogP contribution >= 0.6 is 0 Å². The zero-order valence-corrected chi connectivity index (χ0v) is 15.5. The lowest BCUT2D eigenvalue weighted by atomic mass is 10.1. The van der Waals surface area contributed by atoms with Crippen molar-refractivity contribution in [1.82, 2.24) is 0 Å². The van der Waals surface area contributed by atoms with Gasteiger partial charge in [0.15, 0.2) is 0 Å². The van der Waals surface area contributed by atoms with Gasteiger partial charge in [-0.2, -0.15) is 0 Å². The van der Waals surface area contributed by atoms with E-state index in [1.165, 1.54) is 0 Å². The highest BCUT2D eigenvalue weighted by Gasteiger charge is 2.08. The van der Waals surface area contributed by atoms with Gasteiger partial charge in [-0.1, -0.05) is 42.0 Å². The average molecular weight is 358 g/mol. The van der Waals surface area contributed by atoms with Crippen LogP contribution in [0.15, 0.2) is 72.8 Å². The molecule has 3 rings (SSSR count). The minimum atomic E-state index is -0.157. The fourth-order valence-electron chi connectivity index (χ4n) is 2.81. The fraction of sp³-hybridized carbons (Fsp3) is 0.130. The van der Waals surface area contributed by atoms with Crippen LogP contribution in [-0.2, 0) is 11.2 Å². The van der Waals surface area contributed by atoms with Crippen molar-refractivity contribution in [2.24, 2.45) is 0 Å². The van der Waals surface area contributed by atoms with Crippen molar-refractivity contribution >= 4 is 23.2 Å². The predicted octanol–water partition coefficient (Wildman–Crippen LogP) is 4.74. The second-order valence-corrected chi connectivity index (χ2v) is 6.55. The Balaban J connectivity index is 1.59. The van der Waals surface area contributed by atoms with Gasteiger partial charge in [0.05, 0.1) is 6.42 Å². The summed E-state index contributed by atoms with van der Waals surface area (Å²) in [6.45, 7) is 3.94. The highest BCUT2D eigenvalue weighted by atomic mass is 16.2. The maximum atomic E-state index is 12.3. The molecule has 0 aliphatic rings. The van der Waals surface area contributed by atoms with E-state index in [9.17, 15) is 9.59 Å². The molecular formula is C23H22N2O2. The fourth-order valence-corrected chi connectivity index (χ4v) is 2.81. The first-order chi connectivity index (χ1) is 13.0. The zero-order valence-electron chi connectivity index (χ0n) is 15.5. The summed E-state index contributed by atoms with van der Waals surface area (Å²) >= 11 is 0. The lowest BCUT2D eigenvalue weighted by Crippen LogP contribution is -2.15. The summed E-state index contributed by atoms with van der Waals surface area (Å²) in [6.07, 6.45) is 0.332. The Hall–Kier alpha value is -3.40. The Kier molecular flexibility index (Phi) is 5.67. The van der Waals surface area contributed by atoms with Crippen molar-refractivity contribution in [2.45, 2.75) is 20.3 Å². The minimum absolute atomic E-state index is 0.0687. The van der Waals surface area contributed by atoms with Crippen LogP contribution in [0.3, 0.4) is 0 Å². The van der Waals surface area contributed by atoms with Crippen LogP contribution in [0.4, 0.5) is 11.4 Å². The second kappa shape index (κ2) is 8.32. The van der Waals surface area contributed by atoms with E-state index in [4.69, 9.17) is 0 Å². The van der Waals surface area contributed by atoms with Crippen LogP contribution in [-0.4, -0.2) is 11.8 Å². The number of hydrogen-bond acceptors (Lipinski definition) is 2. The molecule has 0 spiro atoms. The Morgan fingerprint density at radius 2 is 1.44 bits per heavy atom. The van der Waals surface area contributed by atoms with Gasteiger partial charge < -0.3 is 10.6 Å². The number of amides is 2. The molecule has 0 fully saturated rings. The molecule has 4 nitrogen and oxygen atoms in total. The van der Waals surface area contributed by atoms with Crippen molar-refractivity contribution in [3.05, 3.63) is 95.1 Å². The van der Waals surface area contributed by atoms with Crippen LogP contribution in [0.25, 0.3) is 0 Å². The van der Waals surface area contributed by atoms with E-state index in [-0.39, 0.29) is 11.8 Å². The third kappa shape index (κ3) is 5.05. The lowest BCUT2D eigenvalue weighted by Gasteiger charge is -2.09. The van der Waals surface area contributed by atoms with Crippen molar-refractivity contribution in [1.29, 1.82) is 0 Å². The van der Waals surface area contributed by atoms with Crippen molar-refractivity contribution in [3.63, 3.8) is 0 Å². The van der Waals surface area contributed by atoms with Gasteiger partial charge in [0.25, 0.3) is 5.91 Å². The third-order valence-corrected chi connectivity index (χ3v) is 4.32. The maximum Gasteiger partial charge on any atom is 0.255 e. The third-order valence-electron chi connectivity index (χ3n) is 4.32. The molecule has 0 aliphatic heterocycles. The molecule has 0 bridgehead atoms. The highest BCUT2D eigenvalue weighted by Crippen LogP contribution is 2.16. The van der Waals surface area contributed by atoms with Crippen LogP contribution in [0.2, 0.25) is 0 Å². The molecule has 0 radical (unpaired) electrons. The summed E-state index contributed by atoms with van der Waals surface area (Å²) in [5, 5.41) is 5.75. The molecule has 3 aromatic rings. The Morgan fingerprint density at radius 3 is 2.11 bits per heavy atom. The molecule has 0 aliphatic carbocycles. The largest absolute Gasteiger partial charge is 0.326 e. The second-order valence-electron chi connectivity index (χ2n) is 6.55. The quantitative estimate of drug-likeness (QED) is 0.692. The zero-order chi connectivity index (χ0) is 19.2. The lowest BCUT2D eigenvalue weighted by molar-refractivity contribution is -0.115. The summed E-state index contributed by atoms with van der Waals surface area (Å²) in [5.74, 6) is -0.226. The number of aryl methyl sites for hydroxylation is 2. The molecule has 0 saturated heterocycles. The predicted molar refractivity (Wildman–Crippen MR) is 109 cm³/mol. The molecule has 0 atom stereocenters. The number of carbonyl (C=O) groups is 2.